The molecule has 2 heterocycles. The number of unbranched alkanes of at least 4 members (excludes halogenated alkanes) is 23. The largest absolute Gasteiger partial charge is 0.462 e. The number of carbonyl (C=O) groups excluding carboxylic acids is 2. The van der Waals surface area contributed by atoms with Crippen LogP contribution in [0.4, 0.5) is 0 Å². The van der Waals surface area contributed by atoms with Gasteiger partial charge in [-0.15, -0.1) is 5.73 Å². The molecule has 11 atom stereocenters. The molecule has 68 heavy (non-hydrogen) atoms. The molecule has 0 radical (unpaired) electrons. The predicted octanol–water partition coefficient (Wildman–Crippen LogP) is 7.70. The van der Waals surface area contributed by atoms with Gasteiger partial charge in [0.25, 0.3) is 0 Å². The third kappa shape index (κ3) is 28.0. The van der Waals surface area contributed by atoms with E-state index in [2.05, 4.69) is 43.9 Å². The Morgan fingerprint density at radius 1 is 0.500 bits per heavy atom. The molecular weight excluding hydrogens is 877 g/mol. The number of hydrogen-bond donors (Lipinski definition) is 7. The molecule has 4 unspecified atom stereocenters. The number of aliphatic hydroxyl groups is 7. The fourth-order valence-corrected chi connectivity index (χ4v) is 8.25. The van der Waals surface area contributed by atoms with Gasteiger partial charge in [0, 0.05) is 12.8 Å². The Balaban J connectivity index is 1.81. The minimum Gasteiger partial charge on any atom is -0.462 e. The zero-order valence-corrected chi connectivity index (χ0v) is 41.9. The van der Waals surface area contributed by atoms with Crippen molar-refractivity contribution < 1.29 is 73.8 Å². The van der Waals surface area contributed by atoms with Crippen molar-refractivity contribution in [3.8, 4) is 0 Å². The summed E-state index contributed by atoms with van der Waals surface area (Å²) in [6.45, 7) is 2.55. The van der Waals surface area contributed by atoms with Gasteiger partial charge in [-0.1, -0.05) is 135 Å². The molecule has 0 bridgehead atoms. The van der Waals surface area contributed by atoms with Gasteiger partial charge in [-0.2, -0.15) is 0 Å². The quantitative estimate of drug-likeness (QED) is 0.0135. The van der Waals surface area contributed by atoms with Crippen molar-refractivity contribution in [3.05, 3.63) is 30.0 Å². The summed E-state index contributed by atoms with van der Waals surface area (Å²) in [5.41, 5.74) is 3.29. The van der Waals surface area contributed by atoms with Crippen molar-refractivity contribution in [2.45, 2.75) is 268 Å². The summed E-state index contributed by atoms with van der Waals surface area (Å²) in [4.78, 5) is 25.8. The highest BCUT2D eigenvalue weighted by atomic mass is 16.7. The molecule has 0 saturated carbocycles. The van der Waals surface area contributed by atoms with E-state index in [9.17, 15) is 45.3 Å². The number of allylic oxidation sites excluding steroid dienone is 3. The molecule has 2 fully saturated rings. The average Bonchev–Trinajstić information content (AvgIpc) is 3.33. The van der Waals surface area contributed by atoms with Crippen molar-refractivity contribution in [1.29, 1.82) is 0 Å². The highest BCUT2D eigenvalue weighted by Crippen LogP contribution is 2.26. The summed E-state index contributed by atoms with van der Waals surface area (Å²) in [5.74, 6) is -0.947. The van der Waals surface area contributed by atoms with Crippen molar-refractivity contribution in [2.24, 2.45) is 0 Å². The first kappa shape index (κ1) is 61.9. The number of hydrogen-bond acceptors (Lipinski definition) is 15. The molecule has 0 amide bonds. The molecule has 0 aromatic heterocycles. The van der Waals surface area contributed by atoms with E-state index >= 15 is 0 Å². The molecule has 2 aliphatic heterocycles. The second-order valence-electron chi connectivity index (χ2n) is 18.8. The van der Waals surface area contributed by atoms with Crippen molar-refractivity contribution >= 4 is 11.9 Å². The summed E-state index contributed by atoms with van der Waals surface area (Å²) in [6.07, 6.45) is 22.6. The molecular formula is C53H94O15. The Morgan fingerprint density at radius 2 is 0.926 bits per heavy atom. The Hall–Kier alpha value is -2.24. The van der Waals surface area contributed by atoms with E-state index in [0.717, 1.165) is 70.6 Å². The lowest BCUT2D eigenvalue weighted by atomic mass is 9.98. The molecule has 2 aliphatic rings. The van der Waals surface area contributed by atoms with Gasteiger partial charge < -0.3 is 64.2 Å². The summed E-state index contributed by atoms with van der Waals surface area (Å²) in [6, 6.07) is 0. The summed E-state index contributed by atoms with van der Waals surface area (Å²) < 4.78 is 33.6. The molecule has 0 aromatic carbocycles. The Bertz CT molecular complexity index is 1340. The first-order chi connectivity index (χ1) is 33.0. The van der Waals surface area contributed by atoms with Crippen LogP contribution in [0.15, 0.2) is 30.0 Å². The molecule has 0 aliphatic carbocycles. The van der Waals surface area contributed by atoms with E-state index in [0.29, 0.717) is 12.8 Å². The smallest absolute Gasteiger partial charge is 0.306 e. The molecule has 0 spiro atoms. The Labute approximate surface area is 408 Å². The predicted molar refractivity (Wildman–Crippen MR) is 260 cm³/mol. The lowest BCUT2D eigenvalue weighted by Gasteiger charge is -2.42. The van der Waals surface area contributed by atoms with Gasteiger partial charge in [0.15, 0.2) is 18.7 Å². The van der Waals surface area contributed by atoms with Gasteiger partial charge in [-0.05, 0) is 76.4 Å². The average molecular weight is 971 g/mol. The fraction of sp³-hybridized carbons (Fsp3) is 0.868. The molecule has 15 heteroatoms. The van der Waals surface area contributed by atoms with Crippen LogP contribution in [0.2, 0.25) is 0 Å². The van der Waals surface area contributed by atoms with E-state index < -0.39 is 92.7 Å². The maximum absolute atomic E-state index is 13.0. The molecule has 2 rings (SSSR count). The van der Waals surface area contributed by atoms with Gasteiger partial charge in [-0.3, -0.25) is 9.59 Å². The third-order valence-corrected chi connectivity index (χ3v) is 12.7. The van der Waals surface area contributed by atoms with E-state index in [1.54, 1.807) is 0 Å². The highest BCUT2D eigenvalue weighted by molar-refractivity contribution is 5.70. The minimum absolute atomic E-state index is 0.157. The first-order valence-electron chi connectivity index (χ1n) is 26.7. The summed E-state index contributed by atoms with van der Waals surface area (Å²) in [5, 5.41) is 72.1. The van der Waals surface area contributed by atoms with Crippen LogP contribution >= 0.6 is 0 Å². The molecule has 2 saturated heterocycles. The number of esters is 2. The zero-order chi connectivity index (χ0) is 49.6. The topological polar surface area (TPSA) is 231 Å². The lowest BCUT2D eigenvalue weighted by molar-refractivity contribution is -0.332. The van der Waals surface area contributed by atoms with Crippen LogP contribution in [0, 0.1) is 0 Å². The second kappa shape index (κ2) is 40.4. The third-order valence-electron chi connectivity index (χ3n) is 12.7. The molecule has 396 valence electrons. The second-order valence-corrected chi connectivity index (χ2v) is 18.8. The van der Waals surface area contributed by atoms with Gasteiger partial charge in [0.05, 0.1) is 19.8 Å². The zero-order valence-electron chi connectivity index (χ0n) is 41.9. The number of aliphatic hydroxyl groups excluding tert-OH is 7. The van der Waals surface area contributed by atoms with E-state index in [4.69, 9.17) is 28.4 Å². The van der Waals surface area contributed by atoms with E-state index in [1.165, 1.54) is 89.9 Å². The molecule has 15 nitrogen and oxygen atoms in total. The monoisotopic (exact) mass is 971 g/mol. The van der Waals surface area contributed by atoms with Crippen LogP contribution in [-0.2, 0) is 38.0 Å². The van der Waals surface area contributed by atoms with Crippen LogP contribution in [0.25, 0.3) is 0 Å². The van der Waals surface area contributed by atoms with Crippen LogP contribution in [0.1, 0.15) is 200 Å². The van der Waals surface area contributed by atoms with Crippen LogP contribution in [-0.4, -0.2) is 142 Å². The molecule has 7 N–H and O–H groups in total. The van der Waals surface area contributed by atoms with Crippen molar-refractivity contribution in [1.82, 2.24) is 0 Å². The van der Waals surface area contributed by atoms with E-state index in [1.807, 2.05) is 0 Å². The van der Waals surface area contributed by atoms with Gasteiger partial charge in [-0.25, -0.2) is 0 Å². The highest BCUT2D eigenvalue weighted by Gasteiger charge is 2.47. The first-order valence-corrected chi connectivity index (χ1v) is 26.7. The van der Waals surface area contributed by atoms with E-state index in [-0.39, 0.29) is 26.1 Å². The SMILES string of the molecule is CCCCCCCC=C=CCCCCCCCC(=O)OC[C@H](CO[C@H]1O[C@@H](CO[C@H]2O[C@@H](CO)[C@@H](O)C(O)C2O)[C@@H](O)C(O)C1O)OC(=O)CCCCCCCCC/C=C/CCCCCCCC. The van der Waals surface area contributed by atoms with Gasteiger partial charge >= 0.3 is 11.9 Å². The summed E-state index contributed by atoms with van der Waals surface area (Å²) >= 11 is 0. The van der Waals surface area contributed by atoms with Gasteiger partial charge in [0.1, 0.15) is 55.4 Å². The number of ether oxygens (including phenoxy) is 6. The minimum atomic E-state index is -1.77. The fourth-order valence-electron chi connectivity index (χ4n) is 8.25. The van der Waals surface area contributed by atoms with Gasteiger partial charge in [0.2, 0.25) is 0 Å². The lowest BCUT2D eigenvalue weighted by Crippen LogP contribution is -2.61. The number of rotatable bonds is 41. The van der Waals surface area contributed by atoms with Crippen molar-refractivity contribution in [3.63, 3.8) is 0 Å². The molecule has 0 aromatic rings. The maximum atomic E-state index is 13.0. The summed E-state index contributed by atoms with van der Waals surface area (Å²) in [7, 11) is 0. The Kier molecular flexibility index (Phi) is 36.7. The van der Waals surface area contributed by atoms with Crippen LogP contribution < -0.4 is 0 Å². The van der Waals surface area contributed by atoms with Crippen LogP contribution in [0.5, 0.6) is 0 Å². The standard InChI is InChI=1S/C53H94O15/c1-3-5-7-9-11-13-15-17-19-20-22-24-26-28-30-32-34-36-45(56)66-41(38-63-44(55)35-33-31-29-27-25-23-21-18-16-14-12-10-8-6-4-2)39-64-52-51(62)49(60)47(58)43(68-52)40-65-53-50(61)48(59)46(57)42(37-54)67-53/h16-17,19,21,41-43,46-54,57-62H,3-15,20,22-40H2,1-2H3/b19-17+/t18?,41-,42+,43+,46-,47-,48?,49?,50?,51?,52+,53+/m1/s1. The Morgan fingerprint density at radius 3 is 1.44 bits per heavy atom. The maximum Gasteiger partial charge on any atom is 0.306 e. The normalized spacial score (nSPS) is 25.5. The number of carbonyl (C=O) groups is 2. The van der Waals surface area contributed by atoms with Crippen LogP contribution in [0.3, 0.4) is 0 Å². The van der Waals surface area contributed by atoms with Crippen molar-refractivity contribution in [2.75, 3.05) is 26.4 Å².